The van der Waals surface area contributed by atoms with Crippen LogP contribution in [0.5, 0.6) is 0 Å². The van der Waals surface area contributed by atoms with Crippen molar-refractivity contribution in [3.05, 3.63) is 0 Å². The Kier molecular flexibility index (Phi) is 8.38. The third-order valence-corrected chi connectivity index (χ3v) is 5.11. The Hall–Kier alpha value is -0.610. The van der Waals surface area contributed by atoms with Gasteiger partial charge < -0.3 is 10.1 Å². The summed E-state index contributed by atoms with van der Waals surface area (Å²) < 4.78 is 5.78. The van der Waals surface area contributed by atoms with Crippen LogP contribution in [0.15, 0.2) is 0 Å². The molecule has 1 unspecified atom stereocenters. The molecule has 1 aliphatic heterocycles. The number of nitrogens with zero attached hydrogens (tertiary/aromatic N) is 1. The van der Waals surface area contributed by atoms with E-state index < -0.39 is 0 Å². The van der Waals surface area contributed by atoms with Gasteiger partial charge in [-0.25, -0.2) is 0 Å². The smallest absolute Gasteiger partial charge is 0.220 e. The molecule has 1 atom stereocenters. The summed E-state index contributed by atoms with van der Waals surface area (Å²) in [5, 5.41) is 3.07. The van der Waals surface area contributed by atoms with Crippen molar-refractivity contribution in [2.24, 2.45) is 11.8 Å². The van der Waals surface area contributed by atoms with Gasteiger partial charge in [0.25, 0.3) is 0 Å². The molecule has 134 valence electrons. The number of morpholine rings is 1. The van der Waals surface area contributed by atoms with Crippen molar-refractivity contribution < 1.29 is 9.53 Å². The minimum Gasteiger partial charge on any atom is -0.374 e. The maximum atomic E-state index is 12.0. The molecule has 4 nitrogen and oxygen atoms in total. The average Bonchev–Trinajstić information content (AvgIpc) is 2.54. The highest BCUT2D eigenvalue weighted by molar-refractivity contribution is 5.75. The molecule has 4 heteroatoms. The first kappa shape index (κ1) is 18.7. The van der Waals surface area contributed by atoms with Crippen LogP contribution in [0.1, 0.15) is 65.2 Å². The molecule has 0 aromatic rings. The van der Waals surface area contributed by atoms with Gasteiger partial charge in [0.05, 0.1) is 12.7 Å². The molecule has 0 aromatic carbocycles. The van der Waals surface area contributed by atoms with Crippen molar-refractivity contribution in [2.45, 2.75) is 71.3 Å². The molecule has 1 N–H and O–H groups in total. The van der Waals surface area contributed by atoms with Crippen molar-refractivity contribution in [2.75, 3.05) is 32.8 Å². The van der Waals surface area contributed by atoms with Crippen LogP contribution in [0, 0.1) is 11.8 Å². The van der Waals surface area contributed by atoms with Crippen LogP contribution in [-0.4, -0.2) is 49.7 Å². The fourth-order valence-electron chi connectivity index (χ4n) is 3.93. The predicted octanol–water partition coefficient (Wildman–Crippen LogP) is 3.21. The van der Waals surface area contributed by atoms with Gasteiger partial charge in [-0.15, -0.1) is 0 Å². The van der Waals surface area contributed by atoms with Gasteiger partial charge in [0.1, 0.15) is 0 Å². The summed E-state index contributed by atoms with van der Waals surface area (Å²) in [7, 11) is 0. The summed E-state index contributed by atoms with van der Waals surface area (Å²) in [4.78, 5) is 14.5. The van der Waals surface area contributed by atoms with Gasteiger partial charge in [0, 0.05) is 32.6 Å². The van der Waals surface area contributed by atoms with Crippen molar-refractivity contribution in [1.82, 2.24) is 10.2 Å². The standard InChI is InChI=1S/C19H36N2O2/c1-16(2)14-21-11-12-23-18(15-21)13-20-19(22)10-6-9-17-7-4-3-5-8-17/h16-18H,3-15H2,1-2H3,(H,20,22). The highest BCUT2D eigenvalue weighted by atomic mass is 16.5. The first-order valence-corrected chi connectivity index (χ1v) is 9.74. The summed E-state index contributed by atoms with van der Waals surface area (Å²) in [5.74, 6) is 1.76. The van der Waals surface area contributed by atoms with E-state index in [1.54, 1.807) is 0 Å². The first-order valence-electron chi connectivity index (χ1n) is 9.74. The lowest BCUT2D eigenvalue weighted by molar-refractivity contribution is -0.122. The van der Waals surface area contributed by atoms with Crippen LogP contribution in [-0.2, 0) is 9.53 Å². The van der Waals surface area contributed by atoms with E-state index in [2.05, 4.69) is 24.1 Å². The van der Waals surface area contributed by atoms with E-state index in [9.17, 15) is 4.79 Å². The Morgan fingerprint density at radius 1 is 1.26 bits per heavy atom. The fraction of sp³-hybridized carbons (Fsp3) is 0.947. The van der Waals surface area contributed by atoms with Crippen LogP contribution < -0.4 is 5.32 Å². The normalized spacial score (nSPS) is 24.0. The summed E-state index contributed by atoms with van der Waals surface area (Å²) >= 11 is 0. The minimum atomic E-state index is 0.157. The molecule has 1 heterocycles. The van der Waals surface area contributed by atoms with Gasteiger partial charge in [-0.1, -0.05) is 46.0 Å². The maximum Gasteiger partial charge on any atom is 0.220 e. The van der Waals surface area contributed by atoms with Crippen LogP contribution in [0.2, 0.25) is 0 Å². The number of carbonyl (C=O) groups is 1. The number of amides is 1. The second-order valence-corrected chi connectivity index (χ2v) is 7.85. The Bertz CT molecular complexity index is 340. The topological polar surface area (TPSA) is 41.6 Å². The number of hydrogen-bond donors (Lipinski definition) is 1. The highest BCUT2D eigenvalue weighted by Gasteiger charge is 2.21. The lowest BCUT2D eigenvalue weighted by Crippen LogP contribution is -2.48. The molecule has 1 saturated heterocycles. The van der Waals surface area contributed by atoms with Crippen molar-refractivity contribution in [3.63, 3.8) is 0 Å². The Balaban J connectivity index is 1.54. The maximum absolute atomic E-state index is 12.0. The molecular weight excluding hydrogens is 288 g/mol. The third kappa shape index (κ3) is 7.67. The quantitative estimate of drug-likeness (QED) is 0.745. The van der Waals surface area contributed by atoms with E-state index in [0.717, 1.165) is 38.6 Å². The van der Waals surface area contributed by atoms with Crippen molar-refractivity contribution in [1.29, 1.82) is 0 Å². The molecule has 0 bridgehead atoms. The van der Waals surface area contributed by atoms with Crippen LogP contribution in [0.25, 0.3) is 0 Å². The second-order valence-electron chi connectivity index (χ2n) is 7.85. The van der Waals surface area contributed by atoms with E-state index in [1.807, 2.05) is 0 Å². The van der Waals surface area contributed by atoms with E-state index in [0.29, 0.717) is 18.9 Å². The lowest BCUT2D eigenvalue weighted by atomic mass is 9.86. The molecule has 0 radical (unpaired) electrons. The third-order valence-electron chi connectivity index (χ3n) is 5.11. The van der Waals surface area contributed by atoms with Crippen LogP contribution >= 0.6 is 0 Å². The Morgan fingerprint density at radius 2 is 2.04 bits per heavy atom. The second kappa shape index (κ2) is 10.3. The largest absolute Gasteiger partial charge is 0.374 e. The number of rotatable bonds is 8. The number of carbonyl (C=O) groups excluding carboxylic acids is 1. The zero-order valence-corrected chi connectivity index (χ0v) is 15.2. The summed E-state index contributed by atoms with van der Waals surface area (Å²) in [6, 6.07) is 0. The number of hydrogen-bond acceptors (Lipinski definition) is 3. The van der Waals surface area contributed by atoms with Crippen molar-refractivity contribution in [3.8, 4) is 0 Å². The molecule has 1 aliphatic carbocycles. The van der Waals surface area contributed by atoms with E-state index in [-0.39, 0.29) is 12.0 Å². The zero-order valence-electron chi connectivity index (χ0n) is 15.2. The molecule has 0 aromatic heterocycles. The molecule has 2 fully saturated rings. The fourth-order valence-corrected chi connectivity index (χ4v) is 3.93. The Labute approximate surface area is 142 Å². The molecular formula is C19H36N2O2. The summed E-state index contributed by atoms with van der Waals surface area (Å²) in [6.45, 7) is 9.03. The molecule has 0 spiro atoms. The van der Waals surface area contributed by atoms with Crippen LogP contribution in [0.3, 0.4) is 0 Å². The van der Waals surface area contributed by atoms with Gasteiger partial charge >= 0.3 is 0 Å². The van der Waals surface area contributed by atoms with Gasteiger partial charge in [0.15, 0.2) is 0 Å². The monoisotopic (exact) mass is 324 g/mol. The molecule has 23 heavy (non-hydrogen) atoms. The minimum absolute atomic E-state index is 0.157. The first-order chi connectivity index (χ1) is 11.1. The van der Waals surface area contributed by atoms with Crippen molar-refractivity contribution >= 4 is 5.91 Å². The summed E-state index contributed by atoms with van der Waals surface area (Å²) in [5.41, 5.74) is 0. The highest BCUT2D eigenvalue weighted by Crippen LogP contribution is 2.27. The van der Waals surface area contributed by atoms with Gasteiger partial charge in [-0.05, 0) is 24.7 Å². The Morgan fingerprint density at radius 3 is 2.78 bits per heavy atom. The predicted molar refractivity (Wildman–Crippen MR) is 94.5 cm³/mol. The zero-order chi connectivity index (χ0) is 16.5. The molecule has 1 amide bonds. The van der Waals surface area contributed by atoms with E-state index >= 15 is 0 Å². The summed E-state index contributed by atoms with van der Waals surface area (Å²) in [6.07, 6.45) is 10.1. The molecule has 2 rings (SSSR count). The van der Waals surface area contributed by atoms with Gasteiger partial charge in [-0.3, -0.25) is 9.69 Å². The van der Waals surface area contributed by atoms with Crippen LogP contribution in [0.4, 0.5) is 0 Å². The van der Waals surface area contributed by atoms with E-state index in [4.69, 9.17) is 4.74 Å². The number of ether oxygens (including phenoxy) is 1. The number of nitrogens with one attached hydrogen (secondary N) is 1. The van der Waals surface area contributed by atoms with Gasteiger partial charge in [0.2, 0.25) is 5.91 Å². The molecule has 2 aliphatic rings. The van der Waals surface area contributed by atoms with E-state index in [1.165, 1.54) is 38.5 Å². The molecule has 1 saturated carbocycles. The SMILES string of the molecule is CC(C)CN1CCOC(CNC(=O)CCCC2CCCCC2)C1. The van der Waals surface area contributed by atoms with Gasteiger partial charge in [-0.2, -0.15) is 0 Å². The lowest BCUT2D eigenvalue weighted by Gasteiger charge is -2.34. The average molecular weight is 325 g/mol.